The number of nitrogens with one attached hydrogen (secondary N) is 1. The quantitative estimate of drug-likeness (QED) is 0.884. The lowest BCUT2D eigenvalue weighted by atomic mass is 10.2. The lowest BCUT2D eigenvalue weighted by molar-refractivity contribution is 0.102. The Morgan fingerprint density at radius 2 is 2.00 bits per heavy atom. The van der Waals surface area contributed by atoms with E-state index in [2.05, 4.69) is 10.3 Å². The molecule has 1 aromatic carbocycles. The molecule has 2 rings (SSSR count). The first-order chi connectivity index (χ1) is 9.11. The normalized spacial score (nSPS) is 10.0. The summed E-state index contributed by atoms with van der Waals surface area (Å²) in [5, 5.41) is 2.79. The number of carbonyl (C=O) groups excluding carboxylic acids is 1. The molecule has 0 aliphatic carbocycles. The van der Waals surface area contributed by atoms with Crippen LogP contribution in [0.25, 0.3) is 0 Å². The molecule has 0 unspecified atom stereocenters. The van der Waals surface area contributed by atoms with Gasteiger partial charge in [-0.25, -0.2) is 4.98 Å². The Morgan fingerprint density at radius 1 is 1.26 bits per heavy atom. The minimum absolute atomic E-state index is 0.243. The second kappa shape index (κ2) is 5.39. The molecule has 0 bridgehead atoms. The van der Waals surface area contributed by atoms with Gasteiger partial charge in [0.1, 0.15) is 11.6 Å². The topological polar surface area (TPSA) is 77.2 Å². The number of nitrogens with two attached hydrogens (primary N) is 1. The van der Waals surface area contributed by atoms with E-state index in [0.717, 1.165) is 0 Å². The number of nitrogen functional groups attached to an aromatic ring is 1. The number of pyridine rings is 1. The van der Waals surface area contributed by atoms with Crippen molar-refractivity contribution >= 4 is 17.4 Å². The maximum Gasteiger partial charge on any atom is 0.259 e. The Morgan fingerprint density at radius 3 is 2.68 bits per heavy atom. The van der Waals surface area contributed by atoms with Gasteiger partial charge in [0.05, 0.1) is 24.1 Å². The Bertz CT molecular complexity index is 611. The van der Waals surface area contributed by atoms with Gasteiger partial charge in [-0.05, 0) is 31.2 Å². The van der Waals surface area contributed by atoms with Crippen molar-refractivity contribution in [3.63, 3.8) is 0 Å². The molecule has 0 saturated carbocycles. The highest BCUT2D eigenvalue weighted by atomic mass is 16.5. The molecule has 0 aliphatic heterocycles. The predicted octanol–water partition coefficient (Wildman–Crippen LogP) is 2.23. The monoisotopic (exact) mass is 257 g/mol. The zero-order chi connectivity index (χ0) is 13.8. The summed E-state index contributed by atoms with van der Waals surface area (Å²) in [6.07, 6.45) is 0. The molecular weight excluding hydrogens is 242 g/mol. The molecule has 19 heavy (non-hydrogen) atoms. The van der Waals surface area contributed by atoms with Gasteiger partial charge in [0, 0.05) is 0 Å². The largest absolute Gasteiger partial charge is 0.496 e. The summed E-state index contributed by atoms with van der Waals surface area (Å²) in [7, 11) is 1.53. The van der Waals surface area contributed by atoms with Gasteiger partial charge in [-0.2, -0.15) is 0 Å². The van der Waals surface area contributed by atoms with E-state index in [1.54, 1.807) is 37.3 Å². The van der Waals surface area contributed by atoms with Crippen molar-refractivity contribution in [3.8, 4) is 5.75 Å². The maximum absolute atomic E-state index is 12.2. The number of anilines is 2. The highest BCUT2D eigenvalue weighted by Gasteiger charge is 2.12. The minimum Gasteiger partial charge on any atom is -0.496 e. The zero-order valence-electron chi connectivity index (χ0n) is 10.8. The molecule has 0 atom stereocenters. The third-order valence-electron chi connectivity index (χ3n) is 2.71. The average Bonchev–Trinajstić information content (AvgIpc) is 2.41. The van der Waals surface area contributed by atoms with Crippen molar-refractivity contribution in [1.82, 2.24) is 4.98 Å². The van der Waals surface area contributed by atoms with Gasteiger partial charge < -0.3 is 15.8 Å². The van der Waals surface area contributed by atoms with Crippen LogP contribution in [0.15, 0.2) is 36.4 Å². The standard InChI is InChI=1S/C14H15N3O2/c1-9-11(7-8-13(15)16-9)17-14(18)10-5-3-4-6-12(10)19-2/h3-8H,1-2H3,(H2,15,16)(H,17,18). The number of amides is 1. The molecule has 0 aliphatic rings. The number of aryl methyl sites for hydroxylation is 1. The molecular formula is C14H15N3O2. The van der Waals surface area contributed by atoms with E-state index in [9.17, 15) is 4.79 Å². The highest BCUT2D eigenvalue weighted by Crippen LogP contribution is 2.20. The SMILES string of the molecule is COc1ccccc1C(=O)Nc1ccc(N)nc1C. The Balaban J connectivity index is 2.26. The van der Waals surface area contributed by atoms with Gasteiger partial charge in [0.15, 0.2) is 0 Å². The molecule has 1 aromatic heterocycles. The molecule has 0 saturated heterocycles. The number of aromatic nitrogens is 1. The number of ether oxygens (including phenoxy) is 1. The summed E-state index contributed by atoms with van der Waals surface area (Å²) in [6.45, 7) is 1.79. The predicted molar refractivity (Wildman–Crippen MR) is 74.3 cm³/mol. The molecule has 0 fully saturated rings. The fraction of sp³-hybridized carbons (Fsp3) is 0.143. The summed E-state index contributed by atoms with van der Waals surface area (Å²) >= 11 is 0. The van der Waals surface area contributed by atoms with E-state index in [1.165, 1.54) is 7.11 Å². The van der Waals surface area contributed by atoms with Crippen molar-refractivity contribution in [2.75, 3.05) is 18.2 Å². The van der Waals surface area contributed by atoms with E-state index < -0.39 is 0 Å². The van der Waals surface area contributed by atoms with E-state index >= 15 is 0 Å². The lowest BCUT2D eigenvalue weighted by Crippen LogP contribution is -2.14. The van der Waals surface area contributed by atoms with Crippen LogP contribution in [-0.2, 0) is 0 Å². The van der Waals surface area contributed by atoms with E-state index in [-0.39, 0.29) is 5.91 Å². The summed E-state index contributed by atoms with van der Waals surface area (Å²) in [4.78, 5) is 16.3. The van der Waals surface area contributed by atoms with Crippen LogP contribution in [0, 0.1) is 6.92 Å². The first-order valence-corrected chi connectivity index (χ1v) is 5.79. The minimum atomic E-state index is -0.243. The van der Waals surface area contributed by atoms with Crippen molar-refractivity contribution in [2.45, 2.75) is 6.92 Å². The van der Waals surface area contributed by atoms with Crippen LogP contribution in [-0.4, -0.2) is 18.0 Å². The van der Waals surface area contributed by atoms with E-state index in [4.69, 9.17) is 10.5 Å². The van der Waals surface area contributed by atoms with E-state index in [1.807, 2.05) is 6.07 Å². The van der Waals surface area contributed by atoms with Gasteiger partial charge in [-0.3, -0.25) is 4.79 Å². The number of rotatable bonds is 3. The number of para-hydroxylation sites is 1. The first kappa shape index (κ1) is 12.9. The van der Waals surface area contributed by atoms with Gasteiger partial charge in [0.25, 0.3) is 5.91 Å². The Hall–Kier alpha value is -2.56. The fourth-order valence-corrected chi connectivity index (χ4v) is 1.73. The number of nitrogens with zero attached hydrogens (tertiary/aromatic N) is 1. The molecule has 1 amide bonds. The third-order valence-corrected chi connectivity index (χ3v) is 2.71. The second-order valence-electron chi connectivity index (χ2n) is 4.02. The average molecular weight is 257 g/mol. The Labute approximate surface area is 111 Å². The molecule has 0 radical (unpaired) electrons. The van der Waals surface area contributed by atoms with Crippen LogP contribution in [0.4, 0.5) is 11.5 Å². The van der Waals surface area contributed by atoms with Crippen LogP contribution < -0.4 is 15.8 Å². The molecule has 0 spiro atoms. The number of hydrogen-bond donors (Lipinski definition) is 2. The summed E-state index contributed by atoms with van der Waals surface area (Å²) < 4.78 is 5.16. The molecule has 2 aromatic rings. The van der Waals surface area contributed by atoms with Crippen LogP contribution >= 0.6 is 0 Å². The summed E-state index contributed by atoms with van der Waals surface area (Å²) in [6, 6.07) is 10.4. The summed E-state index contributed by atoms with van der Waals surface area (Å²) in [5.74, 6) is 0.709. The van der Waals surface area contributed by atoms with Crippen molar-refractivity contribution in [1.29, 1.82) is 0 Å². The number of methoxy groups -OCH3 is 1. The molecule has 5 nitrogen and oxygen atoms in total. The van der Waals surface area contributed by atoms with Gasteiger partial charge >= 0.3 is 0 Å². The molecule has 1 heterocycles. The highest BCUT2D eigenvalue weighted by molar-refractivity contribution is 6.06. The number of benzene rings is 1. The van der Waals surface area contributed by atoms with Crippen LogP contribution in [0.5, 0.6) is 5.75 Å². The lowest BCUT2D eigenvalue weighted by Gasteiger charge is -2.10. The molecule has 3 N–H and O–H groups in total. The van der Waals surface area contributed by atoms with Gasteiger partial charge in [-0.15, -0.1) is 0 Å². The van der Waals surface area contributed by atoms with Crippen molar-refractivity contribution in [2.24, 2.45) is 0 Å². The van der Waals surface area contributed by atoms with Crippen LogP contribution in [0.3, 0.4) is 0 Å². The zero-order valence-corrected chi connectivity index (χ0v) is 10.8. The Kier molecular flexibility index (Phi) is 3.66. The first-order valence-electron chi connectivity index (χ1n) is 5.79. The molecule has 98 valence electrons. The maximum atomic E-state index is 12.2. The number of hydrogen-bond acceptors (Lipinski definition) is 4. The van der Waals surface area contributed by atoms with Crippen LogP contribution in [0.1, 0.15) is 16.1 Å². The van der Waals surface area contributed by atoms with Crippen molar-refractivity contribution in [3.05, 3.63) is 47.7 Å². The van der Waals surface area contributed by atoms with Gasteiger partial charge in [0.2, 0.25) is 0 Å². The third kappa shape index (κ3) is 2.82. The smallest absolute Gasteiger partial charge is 0.259 e. The van der Waals surface area contributed by atoms with Crippen molar-refractivity contribution < 1.29 is 9.53 Å². The second-order valence-corrected chi connectivity index (χ2v) is 4.02. The van der Waals surface area contributed by atoms with E-state index in [0.29, 0.717) is 28.5 Å². The summed E-state index contributed by atoms with van der Waals surface area (Å²) in [5.41, 5.74) is 7.34. The molecule has 5 heteroatoms. The fourth-order valence-electron chi connectivity index (χ4n) is 1.73. The van der Waals surface area contributed by atoms with Crippen LogP contribution in [0.2, 0.25) is 0 Å². The number of carbonyl (C=O) groups is 1. The van der Waals surface area contributed by atoms with Gasteiger partial charge in [-0.1, -0.05) is 12.1 Å².